The van der Waals surface area contributed by atoms with E-state index in [0.29, 0.717) is 11.2 Å². The van der Waals surface area contributed by atoms with Crippen molar-refractivity contribution in [1.82, 2.24) is 9.97 Å². The second-order valence-corrected chi connectivity index (χ2v) is 7.98. The zero-order chi connectivity index (χ0) is 13.2. The van der Waals surface area contributed by atoms with Crippen molar-refractivity contribution in [2.45, 2.75) is 56.1 Å². The fourth-order valence-electron chi connectivity index (χ4n) is 3.10. The minimum absolute atomic E-state index is 0.517. The Balaban J connectivity index is 1.94. The van der Waals surface area contributed by atoms with Gasteiger partial charge in [-0.3, -0.25) is 0 Å². The maximum Gasteiger partial charge on any atom is 0.144 e. The van der Waals surface area contributed by atoms with Crippen LogP contribution in [0, 0.1) is 4.64 Å². The van der Waals surface area contributed by atoms with Crippen LogP contribution in [0.25, 0.3) is 0 Å². The molecule has 3 rings (SSSR count). The summed E-state index contributed by atoms with van der Waals surface area (Å²) in [5.41, 5.74) is 1.30. The fraction of sp³-hybridized carbons (Fsp3) is 0.714. The van der Waals surface area contributed by atoms with Crippen LogP contribution in [0.15, 0.2) is 4.47 Å². The number of aromatic nitrogens is 2. The first kappa shape index (κ1) is 14.1. The average molecular weight is 359 g/mol. The molecule has 1 aliphatic heterocycles. The minimum Gasteiger partial charge on any atom is -0.345 e. The highest BCUT2D eigenvalue weighted by Crippen LogP contribution is 2.40. The summed E-state index contributed by atoms with van der Waals surface area (Å²) in [6.07, 6.45) is 9.13. The smallest absolute Gasteiger partial charge is 0.144 e. The SMILES string of the molecule is S=c1nc(C2CCCCS2)[nH]c(C2CCCC2)c1Br. The van der Waals surface area contributed by atoms with Gasteiger partial charge in [-0.05, 0) is 47.4 Å². The third kappa shape index (κ3) is 3.08. The van der Waals surface area contributed by atoms with Crippen LogP contribution in [-0.4, -0.2) is 15.7 Å². The standard InChI is InChI=1S/C14H19BrN2S2/c15-11-12(9-5-1-2-6-9)16-13(17-14(11)18)10-7-3-4-8-19-10/h9-10H,1-8H2,(H,16,17,18). The molecule has 2 heterocycles. The molecule has 0 bridgehead atoms. The van der Waals surface area contributed by atoms with Crippen molar-refractivity contribution in [2.75, 3.05) is 5.75 Å². The van der Waals surface area contributed by atoms with Crippen molar-refractivity contribution < 1.29 is 0 Å². The summed E-state index contributed by atoms with van der Waals surface area (Å²) < 4.78 is 1.76. The molecule has 1 saturated heterocycles. The van der Waals surface area contributed by atoms with Crippen LogP contribution < -0.4 is 0 Å². The largest absolute Gasteiger partial charge is 0.345 e. The number of nitrogens with one attached hydrogen (secondary N) is 1. The predicted octanol–water partition coefficient (Wildman–Crippen LogP) is 5.52. The number of nitrogens with zero attached hydrogens (tertiary/aromatic N) is 1. The van der Waals surface area contributed by atoms with Crippen molar-refractivity contribution in [3.8, 4) is 0 Å². The number of aromatic amines is 1. The third-order valence-corrected chi connectivity index (χ3v) is 6.90. The van der Waals surface area contributed by atoms with Gasteiger partial charge in [-0.1, -0.05) is 31.5 Å². The van der Waals surface area contributed by atoms with Crippen molar-refractivity contribution in [3.63, 3.8) is 0 Å². The second kappa shape index (κ2) is 6.27. The lowest BCUT2D eigenvalue weighted by molar-refractivity contribution is 0.636. The molecule has 1 N–H and O–H groups in total. The molecule has 0 aromatic carbocycles. The van der Waals surface area contributed by atoms with Crippen molar-refractivity contribution in [3.05, 3.63) is 20.6 Å². The van der Waals surface area contributed by atoms with Crippen LogP contribution in [0.4, 0.5) is 0 Å². The number of thioether (sulfide) groups is 1. The highest BCUT2D eigenvalue weighted by Gasteiger charge is 2.24. The Morgan fingerprint density at radius 1 is 1.16 bits per heavy atom. The van der Waals surface area contributed by atoms with Gasteiger partial charge in [0.25, 0.3) is 0 Å². The molecule has 2 nitrogen and oxygen atoms in total. The highest BCUT2D eigenvalue weighted by atomic mass is 79.9. The summed E-state index contributed by atoms with van der Waals surface area (Å²) in [5.74, 6) is 3.01. The molecular weight excluding hydrogens is 340 g/mol. The van der Waals surface area contributed by atoms with E-state index in [1.54, 1.807) is 0 Å². The van der Waals surface area contributed by atoms with E-state index in [4.69, 9.17) is 12.2 Å². The summed E-state index contributed by atoms with van der Waals surface area (Å²) >= 11 is 11.1. The van der Waals surface area contributed by atoms with Crippen LogP contribution in [0.3, 0.4) is 0 Å². The Morgan fingerprint density at radius 2 is 1.89 bits per heavy atom. The summed E-state index contributed by atoms with van der Waals surface area (Å²) in [7, 11) is 0. The zero-order valence-corrected chi connectivity index (χ0v) is 14.2. The predicted molar refractivity (Wildman–Crippen MR) is 87.4 cm³/mol. The van der Waals surface area contributed by atoms with Crippen LogP contribution >= 0.6 is 39.9 Å². The summed E-state index contributed by atoms with van der Waals surface area (Å²) in [6, 6.07) is 0. The van der Waals surface area contributed by atoms with E-state index in [-0.39, 0.29) is 0 Å². The maximum atomic E-state index is 5.45. The Labute approximate surface area is 132 Å². The molecule has 0 radical (unpaired) electrons. The summed E-state index contributed by atoms with van der Waals surface area (Å²) in [4.78, 5) is 8.24. The van der Waals surface area contributed by atoms with Crippen molar-refractivity contribution in [2.24, 2.45) is 0 Å². The van der Waals surface area contributed by atoms with Gasteiger partial charge >= 0.3 is 0 Å². The quantitative estimate of drug-likeness (QED) is 0.705. The molecule has 1 aromatic rings. The number of halogens is 1. The molecule has 0 spiro atoms. The Bertz CT molecular complexity index is 503. The number of H-pyrrole nitrogens is 1. The monoisotopic (exact) mass is 358 g/mol. The lowest BCUT2D eigenvalue weighted by Crippen LogP contribution is -2.10. The molecule has 104 valence electrons. The molecular formula is C14H19BrN2S2. The van der Waals surface area contributed by atoms with E-state index in [0.717, 1.165) is 14.9 Å². The molecule has 19 heavy (non-hydrogen) atoms. The Hall–Kier alpha value is 0.130. The number of hydrogen-bond donors (Lipinski definition) is 1. The van der Waals surface area contributed by atoms with Gasteiger partial charge in [-0.25, -0.2) is 4.98 Å². The molecule has 1 aliphatic carbocycles. The lowest BCUT2D eigenvalue weighted by atomic mass is 10.0. The van der Waals surface area contributed by atoms with E-state index in [1.165, 1.54) is 56.4 Å². The van der Waals surface area contributed by atoms with Gasteiger partial charge in [0, 0.05) is 11.6 Å². The first-order valence-corrected chi connectivity index (χ1v) is 9.42. The normalized spacial score (nSPS) is 24.8. The van der Waals surface area contributed by atoms with Crippen LogP contribution in [0.5, 0.6) is 0 Å². The maximum absolute atomic E-state index is 5.45. The first-order chi connectivity index (χ1) is 9.25. The van der Waals surface area contributed by atoms with Gasteiger partial charge < -0.3 is 4.98 Å². The van der Waals surface area contributed by atoms with Gasteiger partial charge in [-0.2, -0.15) is 11.8 Å². The Kier molecular flexibility index (Phi) is 4.65. The summed E-state index contributed by atoms with van der Waals surface area (Å²) in [6.45, 7) is 0. The van der Waals surface area contributed by atoms with Crippen molar-refractivity contribution in [1.29, 1.82) is 0 Å². The van der Waals surface area contributed by atoms with E-state index in [2.05, 4.69) is 25.9 Å². The van der Waals surface area contributed by atoms with Crippen LogP contribution in [0.2, 0.25) is 0 Å². The molecule has 1 aromatic heterocycles. The molecule has 2 fully saturated rings. The highest BCUT2D eigenvalue weighted by molar-refractivity contribution is 9.10. The summed E-state index contributed by atoms with van der Waals surface area (Å²) in [5, 5.41) is 0.517. The second-order valence-electron chi connectivity index (χ2n) is 5.49. The molecule has 5 heteroatoms. The van der Waals surface area contributed by atoms with Gasteiger partial charge in [-0.15, -0.1) is 0 Å². The van der Waals surface area contributed by atoms with Gasteiger partial charge in [0.15, 0.2) is 0 Å². The van der Waals surface area contributed by atoms with E-state index < -0.39 is 0 Å². The molecule has 1 atom stereocenters. The molecule has 0 amide bonds. The zero-order valence-electron chi connectivity index (χ0n) is 11.0. The van der Waals surface area contributed by atoms with Crippen molar-refractivity contribution >= 4 is 39.9 Å². The number of rotatable bonds is 2. The van der Waals surface area contributed by atoms with E-state index in [9.17, 15) is 0 Å². The van der Waals surface area contributed by atoms with E-state index >= 15 is 0 Å². The molecule has 1 unspecified atom stereocenters. The van der Waals surface area contributed by atoms with Gasteiger partial charge in [0.2, 0.25) is 0 Å². The molecule has 2 aliphatic rings. The minimum atomic E-state index is 0.517. The average Bonchev–Trinajstić information content (AvgIpc) is 2.96. The third-order valence-electron chi connectivity index (χ3n) is 4.16. The topological polar surface area (TPSA) is 28.7 Å². The van der Waals surface area contributed by atoms with Crippen LogP contribution in [0.1, 0.15) is 67.6 Å². The first-order valence-electron chi connectivity index (χ1n) is 7.17. The van der Waals surface area contributed by atoms with E-state index in [1.807, 2.05) is 11.8 Å². The number of hydrogen-bond acceptors (Lipinski definition) is 3. The lowest BCUT2D eigenvalue weighted by Gasteiger charge is -2.22. The fourth-order valence-corrected chi connectivity index (χ4v) is 5.08. The Morgan fingerprint density at radius 3 is 2.58 bits per heavy atom. The molecule has 1 saturated carbocycles. The van der Waals surface area contributed by atoms with Crippen LogP contribution in [-0.2, 0) is 0 Å². The van der Waals surface area contributed by atoms with Gasteiger partial charge in [0.05, 0.1) is 9.72 Å². The van der Waals surface area contributed by atoms with Gasteiger partial charge in [0.1, 0.15) is 10.5 Å².